The molecular formula is C10H13NaO. The number of Topliss-reactive ketones (excluding diaryl/α,β-unsaturated/α-hetero) is 1. The molecule has 1 aromatic carbocycles. The van der Waals surface area contributed by atoms with Gasteiger partial charge in [0.1, 0.15) is 5.78 Å². The van der Waals surface area contributed by atoms with Crippen molar-refractivity contribution in [3.8, 4) is 0 Å². The summed E-state index contributed by atoms with van der Waals surface area (Å²) in [4.78, 5) is 10.6. The predicted octanol–water partition coefficient (Wildman–Crippen LogP) is 1.56. The molecule has 0 aliphatic carbocycles. The van der Waals surface area contributed by atoms with Gasteiger partial charge >= 0.3 is 29.6 Å². The van der Waals surface area contributed by atoms with E-state index in [1.807, 2.05) is 30.3 Å². The molecule has 0 aliphatic heterocycles. The van der Waals surface area contributed by atoms with Crippen LogP contribution in [-0.4, -0.2) is 35.3 Å². The molecule has 0 bridgehead atoms. The van der Waals surface area contributed by atoms with E-state index in [0.717, 1.165) is 6.42 Å². The number of hydrogen-bond acceptors (Lipinski definition) is 1. The maximum absolute atomic E-state index is 10.6. The van der Waals surface area contributed by atoms with E-state index in [2.05, 4.69) is 0 Å². The van der Waals surface area contributed by atoms with Crippen molar-refractivity contribution >= 4 is 35.3 Å². The van der Waals surface area contributed by atoms with Crippen LogP contribution in [0.15, 0.2) is 30.3 Å². The number of hydrogen-bond donors (Lipinski definition) is 0. The Bertz CT molecular complexity index is 231. The molecule has 0 spiro atoms. The summed E-state index contributed by atoms with van der Waals surface area (Å²) in [5.74, 6) is 0.258. The van der Waals surface area contributed by atoms with Crippen LogP contribution in [-0.2, 0) is 11.2 Å². The molecule has 0 aliphatic rings. The van der Waals surface area contributed by atoms with Crippen LogP contribution in [0.2, 0.25) is 0 Å². The number of ketones is 1. The molecule has 0 unspecified atom stereocenters. The van der Waals surface area contributed by atoms with Gasteiger partial charge in [0.25, 0.3) is 0 Å². The van der Waals surface area contributed by atoms with Gasteiger partial charge in [0.05, 0.1) is 0 Å². The van der Waals surface area contributed by atoms with Crippen molar-refractivity contribution in [2.24, 2.45) is 0 Å². The molecule has 60 valence electrons. The molecule has 0 fully saturated rings. The van der Waals surface area contributed by atoms with Gasteiger partial charge in [-0.25, -0.2) is 0 Å². The van der Waals surface area contributed by atoms with E-state index in [0.29, 0.717) is 6.42 Å². The molecule has 0 amide bonds. The van der Waals surface area contributed by atoms with Gasteiger partial charge in [-0.1, -0.05) is 30.3 Å². The summed E-state index contributed by atoms with van der Waals surface area (Å²) in [5, 5.41) is 0. The van der Waals surface area contributed by atoms with Crippen LogP contribution >= 0.6 is 0 Å². The molecule has 0 aromatic heterocycles. The molecule has 2 heteroatoms. The fraction of sp³-hybridized carbons (Fsp3) is 0.300. The Kier molecular flexibility index (Phi) is 6.35. The minimum absolute atomic E-state index is 0. The average molecular weight is 172 g/mol. The number of carbonyl (C=O) groups excluding carboxylic acids is 1. The third-order valence-corrected chi connectivity index (χ3v) is 1.61. The average Bonchev–Trinajstić information content (AvgIpc) is 2.03. The summed E-state index contributed by atoms with van der Waals surface area (Å²) in [6.45, 7) is 1.63. The van der Waals surface area contributed by atoms with Crippen molar-refractivity contribution in [2.75, 3.05) is 0 Å². The van der Waals surface area contributed by atoms with E-state index >= 15 is 0 Å². The van der Waals surface area contributed by atoms with Crippen LogP contribution in [0.4, 0.5) is 0 Å². The van der Waals surface area contributed by atoms with E-state index < -0.39 is 0 Å². The summed E-state index contributed by atoms with van der Waals surface area (Å²) in [6.07, 6.45) is 1.53. The second-order valence-electron chi connectivity index (χ2n) is 2.69. The minimum atomic E-state index is 0. The first-order valence-electron chi connectivity index (χ1n) is 3.82. The molecule has 1 nitrogen and oxygen atoms in total. The van der Waals surface area contributed by atoms with Crippen molar-refractivity contribution in [1.82, 2.24) is 0 Å². The summed E-state index contributed by atoms with van der Waals surface area (Å²) in [6, 6.07) is 10.1. The Hall–Kier alpha value is -0.110. The zero-order chi connectivity index (χ0) is 8.10. The Morgan fingerprint density at radius 2 is 1.83 bits per heavy atom. The molecule has 0 saturated carbocycles. The molecule has 12 heavy (non-hydrogen) atoms. The van der Waals surface area contributed by atoms with Gasteiger partial charge in [0.15, 0.2) is 0 Å². The maximum atomic E-state index is 10.6. The van der Waals surface area contributed by atoms with Crippen molar-refractivity contribution in [1.29, 1.82) is 0 Å². The van der Waals surface area contributed by atoms with Crippen LogP contribution in [0, 0.1) is 0 Å². The number of rotatable bonds is 3. The van der Waals surface area contributed by atoms with Crippen LogP contribution in [0.1, 0.15) is 18.9 Å². The first-order chi connectivity index (χ1) is 5.29. The van der Waals surface area contributed by atoms with Crippen LogP contribution in [0.5, 0.6) is 0 Å². The molecule has 0 atom stereocenters. The first kappa shape index (κ1) is 11.9. The Labute approximate surface area is 95.5 Å². The van der Waals surface area contributed by atoms with Gasteiger partial charge in [0.2, 0.25) is 0 Å². The predicted molar refractivity (Wildman–Crippen MR) is 52.6 cm³/mol. The van der Waals surface area contributed by atoms with E-state index in [-0.39, 0.29) is 35.3 Å². The standard InChI is InChI=1S/C10H12O.Na.H/c1-9(11)7-8-10-5-3-2-4-6-10;;/h2-6H,7-8H2,1H3;;. The Morgan fingerprint density at radius 3 is 2.33 bits per heavy atom. The summed E-state index contributed by atoms with van der Waals surface area (Å²) in [5.41, 5.74) is 1.24. The second kappa shape index (κ2) is 6.41. The van der Waals surface area contributed by atoms with Crippen molar-refractivity contribution in [2.45, 2.75) is 19.8 Å². The summed E-state index contributed by atoms with van der Waals surface area (Å²) < 4.78 is 0. The number of benzene rings is 1. The van der Waals surface area contributed by atoms with Gasteiger partial charge in [-0.05, 0) is 18.9 Å². The fourth-order valence-electron chi connectivity index (χ4n) is 0.965. The van der Waals surface area contributed by atoms with Gasteiger partial charge in [-0.2, -0.15) is 0 Å². The van der Waals surface area contributed by atoms with E-state index in [4.69, 9.17) is 0 Å². The number of carbonyl (C=O) groups is 1. The van der Waals surface area contributed by atoms with Crippen LogP contribution in [0.25, 0.3) is 0 Å². The first-order valence-corrected chi connectivity index (χ1v) is 3.82. The van der Waals surface area contributed by atoms with Gasteiger partial charge < -0.3 is 4.79 Å². The summed E-state index contributed by atoms with van der Waals surface area (Å²) >= 11 is 0. The zero-order valence-corrected chi connectivity index (χ0v) is 6.71. The van der Waals surface area contributed by atoms with Crippen LogP contribution in [0.3, 0.4) is 0 Å². The van der Waals surface area contributed by atoms with Gasteiger partial charge in [0, 0.05) is 6.42 Å². The molecule has 0 saturated heterocycles. The molecule has 0 N–H and O–H groups in total. The van der Waals surface area contributed by atoms with E-state index in [1.165, 1.54) is 5.56 Å². The topological polar surface area (TPSA) is 17.1 Å². The third kappa shape index (κ3) is 4.70. The van der Waals surface area contributed by atoms with Crippen molar-refractivity contribution < 1.29 is 4.79 Å². The number of aryl methyl sites for hydroxylation is 1. The van der Waals surface area contributed by atoms with E-state index in [1.54, 1.807) is 6.92 Å². The Balaban J connectivity index is 0.00000121. The van der Waals surface area contributed by atoms with E-state index in [9.17, 15) is 4.79 Å². The van der Waals surface area contributed by atoms with Gasteiger partial charge in [-0.3, -0.25) is 0 Å². The second-order valence-corrected chi connectivity index (χ2v) is 2.69. The monoisotopic (exact) mass is 172 g/mol. The molecule has 1 aromatic rings. The quantitative estimate of drug-likeness (QED) is 0.632. The molecule has 0 radical (unpaired) electrons. The third-order valence-electron chi connectivity index (χ3n) is 1.61. The zero-order valence-electron chi connectivity index (χ0n) is 6.71. The molecule has 0 heterocycles. The fourth-order valence-corrected chi connectivity index (χ4v) is 0.965. The Morgan fingerprint density at radius 1 is 1.25 bits per heavy atom. The normalized spacial score (nSPS) is 8.75. The molecule has 1 rings (SSSR count). The van der Waals surface area contributed by atoms with Crippen LogP contribution < -0.4 is 0 Å². The van der Waals surface area contributed by atoms with Gasteiger partial charge in [-0.15, -0.1) is 0 Å². The van der Waals surface area contributed by atoms with Crippen molar-refractivity contribution in [3.63, 3.8) is 0 Å². The summed E-state index contributed by atoms with van der Waals surface area (Å²) in [7, 11) is 0. The van der Waals surface area contributed by atoms with Crippen molar-refractivity contribution in [3.05, 3.63) is 35.9 Å². The molecular weight excluding hydrogens is 159 g/mol. The SMILES string of the molecule is CC(=O)CCc1ccccc1.[NaH].